The van der Waals surface area contributed by atoms with Crippen molar-refractivity contribution in [1.29, 1.82) is 0 Å². The molecule has 96 valence electrons. The molecule has 2 rings (SSSR count). The van der Waals surface area contributed by atoms with Crippen LogP contribution in [-0.4, -0.2) is 35.0 Å². The van der Waals surface area contributed by atoms with E-state index in [1.165, 1.54) is 18.2 Å². The molecule has 5 nitrogen and oxygen atoms in total. The Bertz CT molecular complexity index is 494. The molecule has 2 atom stereocenters. The van der Waals surface area contributed by atoms with Crippen LogP contribution in [0.15, 0.2) is 29.0 Å². The van der Waals surface area contributed by atoms with Gasteiger partial charge in [-0.3, -0.25) is 4.79 Å². The molecule has 0 radical (unpaired) electrons. The maximum atomic E-state index is 11.6. The number of nitrogens with zero attached hydrogens (tertiary/aromatic N) is 1. The molecule has 0 fully saturated rings. The summed E-state index contributed by atoms with van der Waals surface area (Å²) in [5.74, 6) is -0.748. The predicted octanol–water partition coefficient (Wildman–Crippen LogP) is 1.37. The van der Waals surface area contributed by atoms with Crippen molar-refractivity contribution in [3.63, 3.8) is 0 Å². The number of carbonyl (C=O) groups is 2. The fourth-order valence-corrected chi connectivity index (χ4v) is 2.28. The van der Waals surface area contributed by atoms with Crippen molar-refractivity contribution in [3.05, 3.63) is 23.8 Å². The first-order valence-corrected chi connectivity index (χ1v) is 5.94. The molecule has 1 spiro atoms. The molecule has 0 aromatic heterocycles. The average molecular weight is 270 g/mol. The molecule has 1 aliphatic carbocycles. The highest BCUT2D eigenvalue weighted by Gasteiger charge is 2.51. The van der Waals surface area contributed by atoms with E-state index in [-0.39, 0.29) is 18.1 Å². The van der Waals surface area contributed by atoms with Crippen molar-refractivity contribution < 1.29 is 19.2 Å². The normalized spacial score (nSPS) is 29.9. The first-order chi connectivity index (χ1) is 8.51. The first kappa shape index (κ1) is 12.8. The molecule has 0 bridgehead atoms. The van der Waals surface area contributed by atoms with E-state index in [2.05, 4.69) is 5.16 Å². The number of hydrogen-bond acceptors (Lipinski definition) is 5. The largest absolute Gasteiger partial charge is 0.461 e. The van der Waals surface area contributed by atoms with E-state index in [1.54, 1.807) is 13.8 Å². The van der Waals surface area contributed by atoms with Crippen LogP contribution >= 0.6 is 11.6 Å². The third-order valence-corrected chi connectivity index (χ3v) is 3.40. The summed E-state index contributed by atoms with van der Waals surface area (Å²) in [4.78, 5) is 28.2. The zero-order valence-electron chi connectivity index (χ0n) is 9.97. The van der Waals surface area contributed by atoms with Crippen molar-refractivity contribution in [2.75, 3.05) is 6.61 Å². The molecule has 0 saturated carbocycles. The SMILES string of the molecule is CCOC(=O)C1=NO[C@]2(C=CC(=O)C=C2C)[C@@H]1Cl. The Hall–Kier alpha value is -1.62. The van der Waals surface area contributed by atoms with E-state index in [0.29, 0.717) is 5.57 Å². The van der Waals surface area contributed by atoms with E-state index in [4.69, 9.17) is 21.2 Å². The Kier molecular flexibility index (Phi) is 3.26. The standard InChI is InChI=1S/C12H12ClNO4/c1-3-17-11(16)9-10(13)12(18-14-9)5-4-8(15)6-7(12)2/h4-6,10H,3H2,1-2H3/t10-,12+/m1/s1. The first-order valence-electron chi connectivity index (χ1n) is 5.50. The molecule has 0 aromatic carbocycles. The highest BCUT2D eigenvalue weighted by Crippen LogP contribution is 2.38. The molecule has 0 aromatic rings. The quantitative estimate of drug-likeness (QED) is 0.561. The van der Waals surface area contributed by atoms with Crippen molar-refractivity contribution in [1.82, 2.24) is 0 Å². The van der Waals surface area contributed by atoms with E-state index in [1.807, 2.05) is 0 Å². The van der Waals surface area contributed by atoms with Gasteiger partial charge < -0.3 is 9.57 Å². The average Bonchev–Trinajstić information content (AvgIpc) is 2.64. The Balaban J connectivity index is 2.27. The summed E-state index contributed by atoms with van der Waals surface area (Å²) >= 11 is 6.23. The lowest BCUT2D eigenvalue weighted by atomic mass is 9.85. The van der Waals surface area contributed by atoms with Gasteiger partial charge in [0.2, 0.25) is 0 Å². The van der Waals surface area contributed by atoms with E-state index >= 15 is 0 Å². The highest BCUT2D eigenvalue weighted by molar-refractivity contribution is 6.51. The number of ketones is 1. The van der Waals surface area contributed by atoms with Crippen LogP contribution in [-0.2, 0) is 19.2 Å². The third kappa shape index (κ3) is 1.84. The third-order valence-electron chi connectivity index (χ3n) is 2.87. The van der Waals surface area contributed by atoms with Gasteiger partial charge in [0.1, 0.15) is 5.38 Å². The molecule has 2 aliphatic rings. The Morgan fingerprint density at radius 2 is 2.39 bits per heavy atom. The van der Waals surface area contributed by atoms with Crippen LogP contribution in [0.5, 0.6) is 0 Å². The van der Waals surface area contributed by atoms with E-state index in [0.717, 1.165) is 0 Å². The summed E-state index contributed by atoms with van der Waals surface area (Å²) in [6.45, 7) is 3.63. The molecular weight excluding hydrogens is 258 g/mol. The van der Waals surface area contributed by atoms with Crippen LogP contribution in [0.4, 0.5) is 0 Å². The lowest BCUT2D eigenvalue weighted by Gasteiger charge is -2.29. The second-order valence-corrected chi connectivity index (χ2v) is 4.44. The van der Waals surface area contributed by atoms with Gasteiger partial charge in [0.15, 0.2) is 17.1 Å². The maximum Gasteiger partial charge on any atom is 0.357 e. The van der Waals surface area contributed by atoms with Gasteiger partial charge in [-0.15, -0.1) is 11.6 Å². The lowest BCUT2D eigenvalue weighted by molar-refractivity contribution is -0.135. The summed E-state index contributed by atoms with van der Waals surface area (Å²) in [7, 11) is 0. The van der Waals surface area contributed by atoms with Crippen LogP contribution in [0.1, 0.15) is 13.8 Å². The minimum atomic E-state index is -1.06. The van der Waals surface area contributed by atoms with Crippen LogP contribution in [0.3, 0.4) is 0 Å². The van der Waals surface area contributed by atoms with Gasteiger partial charge in [-0.25, -0.2) is 4.79 Å². The van der Waals surface area contributed by atoms with Gasteiger partial charge >= 0.3 is 5.97 Å². The molecule has 0 unspecified atom stereocenters. The summed E-state index contributed by atoms with van der Waals surface area (Å²) in [5, 5.41) is 2.89. The van der Waals surface area contributed by atoms with E-state index < -0.39 is 16.9 Å². The molecule has 18 heavy (non-hydrogen) atoms. The number of carbonyl (C=O) groups excluding carboxylic acids is 2. The number of allylic oxidation sites excluding steroid dienone is 2. The molecule has 1 heterocycles. The Morgan fingerprint density at radius 3 is 3.00 bits per heavy atom. The van der Waals surface area contributed by atoms with E-state index in [9.17, 15) is 9.59 Å². The summed E-state index contributed by atoms with van der Waals surface area (Å²) < 4.78 is 4.84. The smallest absolute Gasteiger partial charge is 0.357 e. The van der Waals surface area contributed by atoms with Crippen molar-refractivity contribution >= 4 is 29.1 Å². The minimum Gasteiger partial charge on any atom is -0.461 e. The van der Waals surface area contributed by atoms with Crippen LogP contribution in [0, 0.1) is 0 Å². The number of halogens is 1. The van der Waals surface area contributed by atoms with Gasteiger partial charge in [-0.1, -0.05) is 5.16 Å². The van der Waals surface area contributed by atoms with Crippen LogP contribution < -0.4 is 0 Å². The predicted molar refractivity (Wildman–Crippen MR) is 65.4 cm³/mol. The van der Waals surface area contributed by atoms with Crippen LogP contribution in [0.25, 0.3) is 0 Å². The maximum absolute atomic E-state index is 11.6. The zero-order chi connectivity index (χ0) is 13.3. The number of ether oxygens (including phenoxy) is 1. The van der Waals surface area contributed by atoms with Gasteiger partial charge in [-0.2, -0.15) is 0 Å². The van der Waals surface area contributed by atoms with Crippen LogP contribution in [0.2, 0.25) is 0 Å². The summed E-state index contributed by atoms with van der Waals surface area (Å²) in [6, 6.07) is 0. The molecule has 0 N–H and O–H groups in total. The number of hydrogen-bond donors (Lipinski definition) is 0. The summed E-state index contributed by atoms with van der Waals surface area (Å²) in [5.41, 5.74) is -0.430. The number of alkyl halides is 1. The number of esters is 1. The fourth-order valence-electron chi connectivity index (χ4n) is 1.86. The number of rotatable bonds is 2. The number of oxime groups is 1. The molecule has 0 amide bonds. The Labute approximate surface area is 109 Å². The Morgan fingerprint density at radius 1 is 1.67 bits per heavy atom. The minimum absolute atomic E-state index is 0.0188. The molecule has 1 aliphatic heterocycles. The topological polar surface area (TPSA) is 65.0 Å². The summed E-state index contributed by atoms with van der Waals surface area (Å²) in [6.07, 6.45) is 4.29. The van der Waals surface area contributed by atoms with Crippen molar-refractivity contribution in [2.24, 2.45) is 5.16 Å². The zero-order valence-corrected chi connectivity index (χ0v) is 10.7. The molecular formula is C12H12ClNO4. The molecule has 6 heteroatoms. The van der Waals surface area contributed by atoms with Gasteiger partial charge in [0.05, 0.1) is 6.61 Å². The second kappa shape index (κ2) is 4.57. The fraction of sp³-hybridized carbons (Fsp3) is 0.417. The lowest BCUT2D eigenvalue weighted by Crippen LogP contribution is -2.43. The molecule has 0 saturated heterocycles. The monoisotopic (exact) mass is 269 g/mol. The van der Waals surface area contributed by atoms with Crippen molar-refractivity contribution in [2.45, 2.75) is 24.8 Å². The van der Waals surface area contributed by atoms with Gasteiger partial charge in [-0.05, 0) is 37.6 Å². The highest BCUT2D eigenvalue weighted by atomic mass is 35.5. The van der Waals surface area contributed by atoms with Crippen molar-refractivity contribution in [3.8, 4) is 0 Å². The van der Waals surface area contributed by atoms with Gasteiger partial charge in [0.25, 0.3) is 0 Å². The second-order valence-electron chi connectivity index (χ2n) is 4.01. The van der Waals surface area contributed by atoms with Gasteiger partial charge in [0, 0.05) is 0 Å².